The Balaban J connectivity index is 1.97. The first-order valence-electron chi connectivity index (χ1n) is 14.1. The number of ether oxygens (including phenoxy) is 5. The standard InChI is InChI=1S/C26H47NO13/c1-3-17(30)27-19-24(40-26-23(35)22(34)20(32)15(13-28)39-26)21(33)16(14-29)38-25(19)37-12-10-8-6-4-5-7-9-11-18(31)36-2/h15-16,19-26,28-29,32-35H,3-14H2,1-2H3,(H,27,30)/t15-,16-,19-,20+,21-,22+,23-,24-,25-,26+/m1/s1. The summed E-state index contributed by atoms with van der Waals surface area (Å²) in [6.07, 6.45) is -6.14. The minimum atomic E-state index is -1.73. The van der Waals surface area contributed by atoms with Gasteiger partial charge in [-0.2, -0.15) is 0 Å². The average molecular weight is 582 g/mol. The first-order chi connectivity index (χ1) is 19.2. The fourth-order valence-electron chi connectivity index (χ4n) is 4.71. The summed E-state index contributed by atoms with van der Waals surface area (Å²) >= 11 is 0. The van der Waals surface area contributed by atoms with Gasteiger partial charge in [0, 0.05) is 19.4 Å². The van der Waals surface area contributed by atoms with E-state index >= 15 is 0 Å². The zero-order chi connectivity index (χ0) is 29.7. The van der Waals surface area contributed by atoms with Gasteiger partial charge in [0.05, 0.1) is 20.3 Å². The van der Waals surface area contributed by atoms with Gasteiger partial charge in [-0.15, -0.1) is 0 Å². The Kier molecular flexibility index (Phi) is 15.8. The van der Waals surface area contributed by atoms with Gasteiger partial charge in [-0.25, -0.2) is 0 Å². The number of unbranched alkanes of at least 4 members (excludes halogenated alkanes) is 6. The number of hydrogen-bond donors (Lipinski definition) is 7. The maximum Gasteiger partial charge on any atom is 0.305 e. The van der Waals surface area contributed by atoms with Crippen molar-refractivity contribution in [2.75, 3.05) is 26.9 Å². The van der Waals surface area contributed by atoms with Crippen molar-refractivity contribution in [3.8, 4) is 0 Å². The highest BCUT2D eigenvalue weighted by molar-refractivity contribution is 5.76. The molecule has 2 saturated heterocycles. The van der Waals surface area contributed by atoms with Gasteiger partial charge in [0.1, 0.15) is 48.8 Å². The Morgan fingerprint density at radius 3 is 1.95 bits per heavy atom. The fraction of sp³-hybridized carbons (Fsp3) is 0.923. The number of hydrogen-bond acceptors (Lipinski definition) is 13. The van der Waals surface area contributed by atoms with Crippen molar-refractivity contribution in [1.82, 2.24) is 5.32 Å². The van der Waals surface area contributed by atoms with Gasteiger partial charge in [-0.1, -0.05) is 39.0 Å². The molecule has 0 unspecified atom stereocenters. The molecule has 2 fully saturated rings. The van der Waals surface area contributed by atoms with Crippen LogP contribution in [0.5, 0.6) is 0 Å². The summed E-state index contributed by atoms with van der Waals surface area (Å²) in [4.78, 5) is 23.5. The lowest BCUT2D eigenvalue weighted by Gasteiger charge is -2.47. The number of aliphatic hydroxyl groups excluding tert-OH is 6. The number of carbonyl (C=O) groups is 2. The lowest BCUT2D eigenvalue weighted by Crippen LogP contribution is -2.68. The topological polar surface area (TPSA) is 214 Å². The first kappa shape index (κ1) is 34.7. The van der Waals surface area contributed by atoms with Crippen LogP contribution in [0.2, 0.25) is 0 Å². The minimum absolute atomic E-state index is 0.106. The van der Waals surface area contributed by atoms with E-state index in [4.69, 9.17) is 18.9 Å². The molecule has 0 radical (unpaired) electrons. The molecule has 0 aromatic heterocycles. The van der Waals surface area contributed by atoms with Gasteiger partial charge >= 0.3 is 5.97 Å². The van der Waals surface area contributed by atoms with E-state index in [1.54, 1.807) is 6.92 Å². The predicted molar refractivity (Wildman–Crippen MR) is 138 cm³/mol. The molecule has 14 heteroatoms. The van der Waals surface area contributed by atoms with Crippen molar-refractivity contribution >= 4 is 11.9 Å². The Morgan fingerprint density at radius 1 is 0.775 bits per heavy atom. The van der Waals surface area contributed by atoms with Crippen molar-refractivity contribution in [2.24, 2.45) is 0 Å². The summed E-state index contributed by atoms with van der Waals surface area (Å²) in [6.45, 7) is 0.618. The maximum atomic E-state index is 12.3. The second-order valence-corrected chi connectivity index (χ2v) is 10.1. The second-order valence-electron chi connectivity index (χ2n) is 10.1. The van der Waals surface area contributed by atoms with Gasteiger partial charge in [-0.05, 0) is 12.8 Å². The molecule has 40 heavy (non-hydrogen) atoms. The lowest BCUT2D eigenvalue weighted by molar-refractivity contribution is -0.344. The predicted octanol–water partition coefficient (Wildman–Crippen LogP) is -1.55. The third-order valence-electron chi connectivity index (χ3n) is 7.18. The van der Waals surface area contributed by atoms with Crippen LogP contribution in [-0.2, 0) is 33.3 Å². The van der Waals surface area contributed by atoms with Crippen LogP contribution < -0.4 is 5.32 Å². The fourth-order valence-corrected chi connectivity index (χ4v) is 4.71. The molecule has 1 amide bonds. The summed E-state index contributed by atoms with van der Waals surface area (Å²) < 4.78 is 27.5. The molecule has 0 saturated carbocycles. The van der Waals surface area contributed by atoms with Crippen LogP contribution >= 0.6 is 0 Å². The number of aliphatic hydroxyl groups is 6. The van der Waals surface area contributed by atoms with Crippen molar-refractivity contribution in [2.45, 2.75) is 126 Å². The number of amides is 1. The summed E-state index contributed by atoms with van der Waals surface area (Å²) in [5.41, 5.74) is 0. The largest absolute Gasteiger partial charge is 0.469 e. The van der Waals surface area contributed by atoms with E-state index in [0.29, 0.717) is 12.8 Å². The van der Waals surface area contributed by atoms with Gasteiger partial charge in [-0.3, -0.25) is 9.59 Å². The highest BCUT2D eigenvalue weighted by Gasteiger charge is 2.51. The van der Waals surface area contributed by atoms with Gasteiger partial charge < -0.3 is 59.6 Å². The third-order valence-corrected chi connectivity index (χ3v) is 7.18. The molecule has 0 aromatic rings. The van der Waals surface area contributed by atoms with Gasteiger partial charge in [0.15, 0.2) is 12.6 Å². The lowest BCUT2D eigenvalue weighted by atomic mass is 9.95. The van der Waals surface area contributed by atoms with Gasteiger partial charge in [0.25, 0.3) is 0 Å². The molecular weight excluding hydrogens is 534 g/mol. The number of methoxy groups -OCH3 is 1. The molecule has 234 valence electrons. The molecule has 2 aliphatic heterocycles. The van der Waals surface area contributed by atoms with Crippen molar-refractivity contribution < 1.29 is 63.9 Å². The molecule has 0 bridgehead atoms. The molecule has 2 rings (SSSR count). The molecule has 2 heterocycles. The van der Waals surface area contributed by atoms with E-state index in [2.05, 4.69) is 10.1 Å². The van der Waals surface area contributed by atoms with Crippen LogP contribution in [0.4, 0.5) is 0 Å². The molecule has 2 aliphatic rings. The zero-order valence-corrected chi connectivity index (χ0v) is 23.3. The third kappa shape index (κ3) is 10.1. The normalized spacial score (nSPS) is 34.4. The van der Waals surface area contributed by atoms with E-state index < -0.39 is 80.5 Å². The Hall–Kier alpha value is -1.46. The Labute approximate surface area is 234 Å². The second kappa shape index (κ2) is 18.2. The maximum absolute atomic E-state index is 12.3. The van der Waals surface area contributed by atoms with Crippen molar-refractivity contribution in [3.63, 3.8) is 0 Å². The van der Waals surface area contributed by atoms with Gasteiger partial charge in [0.2, 0.25) is 5.91 Å². The quantitative estimate of drug-likeness (QED) is 0.0767. The molecular formula is C26H47NO13. The van der Waals surface area contributed by atoms with E-state index in [0.717, 1.165) is 38.5 Å². The molecule has 14 nitrogen and oxygen atoms in total. The van der Waals surface area contributed by atoms with Crippen molar-refractivity contribution in [1.29, 1.82) is 0 Å². The van der Waals surface area contributed by atoms with E-state index in [9.17, 15) is 40.2 Å². The molecule has 7 N–H and O–H groups in total. The van der Waals surface area contributed by atoms with E-state index in [1.165, 1.54) is 7.11 Å². The Bertz CT molecular complexity index is 741. The summed E-state index contributed by atoms with van der Waals surface area (Å²) in [5.74, 6) is -0.598. The number of carbonyl (C=O) groups excluding carboxylic acids is 2. The monoisotopic (exact) mass is 581 g/mol. The van der Waals surface area contributed by atoms with Crippen LogP contribution in [0.15, 0.2) is 0 Å². The van der Waals surface area contributed by atoms with E-state index in [1.807, 2.05) is 0 Å². The number of nitrogens with one attached hydrogen (secondary N) is 1. The Morgan fingerprint density at radius 2 is 1.35 bits per heavy atom. The molecule has 0 aliphatic carbocycles. The number of rotatable bonds is 17. The van der Waals surface area contributed by atoms with Crippen LogP contribution in [-0.4, -0.2) is 131 Å². The van der Waals surface area contributed by atoms with Crippen LogP contribution in [0.25, 0.3) is 0 Å². The molecule has 0 spiro atoms. The van der Waals surface area contributed by atoms with E-state index in [-0.39, 0.29) is 19.0 Å². The smallest absolute Gasteiger partial charge is 0.305 e. The van der Waals surface area contributed by atoms with Crippen molar-refractivity contribution in [3.05, 3.63) is 0 Å². The average Bonchev–Trinajstić information content (AvgIpc) is 2.96. The minimum Gasteiger partial charge on any atom is -0.469 e. The van der Waals surface area contributed by atoms with Crippen LogP contribution in [0, 0.1) is 0 Å². The summed E-state index contributed by atoms with van der Waals surface area (Å²) in [7, 11) is 1.38. The summed E-state index contributed by atoms with van der Waals surface area (Å²) in [6, 6.07) is -1.08. The number of esters is 1. The SMILES string of the molecule is CCC(=O)N[C@H]1[C@H](OCCCCCCCCCC(=O)OC)O[C@H](CO)[C@@H](O)[C@@H]1O[C@@H]1O[C@H](CO)[C@H](O)[C@H](O)[C@H]1O. The van der Waals surface area contributed by atoms with Crippen LogP contribution in [0.1, 0.15) is 64.7 Å². The molecule has 10 atom stereocenters. The molecule has 0 aromatic carbocycles. The zero-order valence-electron chi connectivity index (χ0n) is 23.3. The van der Waals surface area contributed by atoms with Crippen LogP contribution in [0.3, 0.4) is 0 Å². The first-order valence-corrected chi connectivity index (χ1v) is 14.1. The summed E-state index contributed by atoms with van der Waals surface area (Å²) in [5, 5.41) is 63.5. The highest BCUT2D eigenvalue weighted by Crippen LogP contribution is 2.30. The highest BCUT2D eigenvalue weighted by atomic mass is 16.7.